The van der Waals surface area contributed by atoms with Gasteiger partial charge in [-0.05, 0) is 0 Å². The van der Waals surface area contributed by atoms with Gasteiger partial charge in [0.15, 0.2) is 0 Å². The Morgan fingerprint density at radius 2 is 1.33 bits per heavy atom. The molecule has 0 aromatic heterocycles. The molecule has 0 aliphatic rings. The van der Waals surface area contributed by atoms with Gasteiger partial charge in [0.1, 0.15) is 0 Å². The minimum Gasteiger partial charge on any atom is -0.477 e. The zero-order valence-electron chi connectivity index (χ0n) is 6.46. The van der Waals surface area contributed by atoms with Crippen LogP contribution in [0, 0.1) is 0 Å². The van der Waals surface area contributed by atoms with E-state index >= 15 is 0 Å². The average molecular weight is 246 g/mol. The summed E-state index contributed by atoms with van der Waals surface area (Å²) in [6.07, 6.45) is -11.5. The summed E-state index contributed by atoms with van der Waals surface area (Å²) in [4.78, 5) is 9.54. The Hall–Kier alpha value is -1.09. The highest BCUT2D eigenvalue weighted by Gasteiger charge is 2.73. The molecule has 0 bridgehead atoms. The van der Waals surface area contributed by atoms with Gasteiger partial charge < -0.3 is 5.11 Å². The summed E-state index contributed by atoms with van der Waals surface area (Å²) < 4.78 is 94.3. The van der Waals surface area contributed by atoms with Gasteiger partial charge in [-0.3, -0.25) is 0 Å². The Morgan fingerprint density at radius 1 is 1.00 bits per heavy atom. The molecule has 0 saturated carbocycles. The predicted octanol–water partition coefficient (Wildman–Crippen LogP) is 2.24. The molecule has 0 spiro atoms. The van der Waals surface area contributed by atoms with E-state index in [1.165, 1.54) is 0 Å². The lowest BCUT2D eigenvalue weighted by atomic mass is 10.1. The van der Waals surface area contributed by atoms with Crippen LogP contribution in [-0.2, 0) is 4.79 Å². The molecule has 1 atom stereocenters. The van der Waals surface area contributed by atoms with E-state index < -0.39 is 30.2 Å². The van der Waals surface area contributed by atoms with Gasteiger partial charge in [-0.15, -0.1) is 0 Å². The molecule has 0 aromatic carbocycles. The fourth-order valence-electron chi connectivity index (χ4n) is 0.507. The zero-order chi connectivity index (χ0) is 12.7. The Labute approximate surface area is 76.5 Å². The molecule has 1 N–H and O–H groups in total. The lowest BCUT2D eigenvalue weighted by Gasteiger charge is -2.26. The first-order valence-electron chi connectivity index (χ1n) is 3.05. The summed E-state index contributed by atoms with van der Waals surface area (Å²) in [5.41, 5.74) is 0. The van der Waals surface area contributed by atoms with Crippen LogP contribution in [0.15, 0.2) is 0 Å². The number of halogens is 8. The molecule has 0 saturated heterocycles. The van der Waals surface area contributed by atoms with Crippen molar-refractivity contribution in [2.45, 2.75) is 24.2 Å². The normalized spacial score (nSPS) is 16.3. The van der Waals surface area contributed by atoms with Gasteiger partial charge in [0.2, 0.25) is 0 Å². The molecule has 0 heterocycles. The van der Waals surface area contributed by atoms with Gasteiger partial charge >= 0.3 is 24.0 Å². The molecular weight excluding hydrogens is 244 g/mol. The van der Waals surface area contributed by atoms with Crippen LogP contribution in [0.1, 0.15) is 0 Å². The number of aliphatic carboxylic acids is 1. The van der Waals surface area contributed by atoms with E-state index in [-0.39, 0.29) is 0 Å². The molecule has 2 nitrogen and oxygen atoms in total. The van der Waals surface area contributed by atoms with Crippen LogP contribution in [0.4, 0.5) is 35.1 Å². The topological polar surface area (TPSA) is 37.3 Å². The third-order valence-corrected chi connectivity index (χ3v) is 1.29. The predicted molar refractivity (Wildman–Crippen MR) is 28.5 cm³/mol. The molecule has 10 heteroatoms. The number of hydrogen-bond acceptors (Lipinski definition) is 1. The van der Waals surface area contributed by atoms with Crippen molar-refractivity contribution in [3.63, 3.8) is 0 Å². The Kier molecular flexibility index (Phi) is 3.24. The van der Waals surface area contributed by atoms with Crippen LogP contribution < -0.4 is 0 Å². The largest absolute Gasteiger partial charge is 0.477 e. The molecule has 15 heavy (non-hydrogen) atoms. The molecule has 0 radical (unpaired) electrons. The van der Waals surface area contributed by atoms with Crippen LogP contribution >= 0.6 is 0 Å². The first kappa shape index (κ1) is 13.9. The van der Waals surface area contributed by atoms with Gasteiger partial charge in [0, 0.05) is 0 Å². The third-order valence-electron chi connectivity index (χ3n) is 1.29. The van der Waals surface area contributed by atoms with E-state index in [2.05, 4.69) is 0 Å². The van der Waals surface area contributed by atoms with Crippen LogP contribution in [0.5, 0.6) is 0 Å². The summed E-state index contributed by atoms with van der Waals surface area (Å²) in [5, 5.41) is 7.53. The van der Waals surface area contributed by atoms with Gasteiger partial charge in [-0.1, -0.05) is 0 Å². The van der Waals surface area contributed by atoms with Crippen molar-refractivity contribution in [1.82, 2.24) is 0 Å². The first-order chi connectivity index (χ1) is 6.35. The van der Waals surface area contributed by atoms with Crippen LogP contribution in [-0.4, -0.2) is 35.3 Å². The number of carboxylic acid groups (broad SMARTS) is 1. The van der Waals surface area contributed by atoms with Crippen molar-refractivity contribution in [2.75, 3.05) is 0 Å². The average Bonchev–Trinajstić information content (AvgIpc) is 2.00. The summed E-state index contributed by atoms with van der Waals surface area (Å²) in [6.45, 7) is 0. The highest BCUT2D eigenvalue weighted by Crippen LogP contribution is 2.44. The molecule has 0 amide bonds. The maximum absolute atomic E-state index is 12.1. The van der Waals surface area contributed by atoms with Crippen molar-refractivity contribution >= 4 is 5.97 Å². The maximum atomic E-state index is 12.1. The molecular formula is C5H2F8O2. The van der Waals surface area contributed by atoms with Crippen molar-refractivity contribution < 1.29 is 45.0 Å². The molecule has 0 fully saturated rings. The smallest absolute Gasteiger partial charge is 0.425 e. The highest BCUT2D eigenvalue weighted by atomic mass is 19.4. The summed E-state index contributed by atoms with van der Waals surface area (Å²) >= 11 is 0. The van der Waals surface area contributed by atoms with E-state index in [4.69, 9.17) is 5.11 Å². The van der Waals surface area contributed by atoms with Gasteiger partial charge in [-0.2, -0.15) is 30.7 Å². The van der Waals surface area contributed by atoms with Crippen molar-refractivity contribution in [3.8, 4) is 0 Å². The molecule has 0 aliphatic heterocycles. The minimum atomic E-state index is -6.36. The van der Waals surface area contributed by atoms with Crippen LogP contribution in [0.25, 0.3) is 0 Å². The lowest BCUT2D eigenvalue weighted by molar-refractivity contribution is -0.301. The summed E-state index contributed by atoms with van der Waals surface area (Å²) in [7, 11) is 0. The minimum absolute atomic E-state index is 3.54. The SMILES string of the molecule is O=C(O)C(F)(F)C(F)(F)C(F)C(F)(F)F. The van der Waals surface area contributed by atoms with E-state index in [1.807, 2.05) is 0 Å². The van der Waals surface area contributed by atoms with Crippen molar-refractivity contribution in [1.29, 1.82) is 0 Å². The fraction of sp³-hybridized carbons (Fsp3) is 0.800. The second-order valence-corrected chi connectivity index (χ2v) is 2.41. The van der Waals surface area contributed by atoms with E-state index in [0.717, 1.165) is 0 Å². The Morgan fingerprint density at radius 3 is 1.53 bits per heavy atom. The van der Waals surface area contributed by atoms with Gasteiger partial charge in [-0.25, -0.2) is 9.18 Å². The quantitative estimate of drug-likeness (QED) is 0.775. The first-order valence-corrected chi connectivity index (χ1v) is 3.05. The monoisotopic (exact) mass is 246 g/mol. The number of rotatable bonds is 3. The Balaban J connectivity index is 5.23. The molecule has 1 unspecified atom stereocenters. The maximum Gasteiger partial charge on any atom is 0.425 e. The van der Waals surface area contributed by atoms with E-state index in [0.29, 0.717) is 0 Å². The van der Waals surface area contributed by atoms with E-state index in [1.54, 1.807) is 0 Å². The lowest BCUT2D eigenvalue weighted by Crippen LogP contribution is -2.57. The fourth-order valence-corrected chi connectivity index (χ4v) is 0.507. The Bertz CT molecular complexity index is 256. The summed E-state index contributed by atoms with van der Waals surface area (Å²) in [6, 6.07) is 0. The number of carbonyl (C=O) groups is 1. The molecule has 90 valence electrons. The van der Waals surface area contributed by atoms with Crippen LogP contribution in [0.3, 0.4) is 0 Å². The van der Waals surface area contributed by atoms with Crippen molar-refractivity contribution in [3.05, 3.63) is 0 Å². The highest BCUT2D eigenvalue weighted by molar-refractivity contribution is 5.76. The van der Waals surface area contributed by atoms with E-state index in [9.17, 15) is 39.9 Å². The zero-order valence-corrected chi connectivity index (χ0v) is 6.46. The van der Waals surface area contributed by atoms with Gasteiger partial charge in [0.25, 0.3) is 6.17 Å². The van der Waals surface area contributed by atoms with Crippen LogP contribution in [0.2, 0.25) is 0 Å². The third kappa shape index (κ3) is 2.29. The van der Waals surface area contributed by atoms with Gasteiger partial charge in [0.05, 0.1) is 0 Å². The second kappa shape index (κ2) is 3.49. The second-order valence-electron chi connectivity index (χ2n) is 2.41. The summed E-state index contributed by atoms with van der Waals surface area (Å²) in [5.74, 6) is -16.0. The van der Waals surface area contributed by atoms with Crippen molar-refractivity contribution in [2.24, 2.45) is 0 Å². The number of carboxylic acids is 1. The molecule has 0 rings (SSSR count). The number of hydrogen-bond donors (Lipinski definition) is 1. The number of alkyl halides is 8. The standard InChI is InChI=1S/C5H2F8O2/c6-1(5(11,12)13)3(7,8)4(9,10)2(14)15/h1H,(H,14,15). The molecule has 0 aromatic rings. The molecule has 0 aliphatic carbocycles.